The first-order valence-corrected chi connectivity index (χ1v) is 15.6. The van der Waals surface area contributed by atoms with Gasteiger partial charge in [-0.1, -0.05) is 35.3 Å². The summed E-state index contributed by atoms with van der Waals surface area (Å²) in [5.74, 6) is -3.92. The van der Waals surface area contributed by atoms with Gasteiger partial charge in [-0.2, -0.15) is 4.36 Å². The van der Waals surface area contributed by atoms with Crippen molar-refractivity contribution in [2.45, 2.75) is 6.42 Å². The van der Waals surface area contributed by atoms with E-state index in [4.69, 9.17) is 27.9 Å². The highest BCUT2D eigenvalue weighted by Crippen LogP contribution is 2.33. The summed E-state index contributed by atoms with van der Waals surface area (Å²) in [6.07, 6.45) is 3.12. The number of carboxylic acids is 1. The highest BCUT2D eigenvalue weighted by molar-refractivity contribution is 7.92. The number of anilines is 1. The Labute approximate surface area is 253 Å². The fraction of sp³-hybridized carbons (Fsp3) is 0.241. The summed E-state index contributed by atoms with van der Waals surface area (Å²) >= 11 is 12.4. The van der Waals surface area contributed by atoms with E-state index in [-0.39, 0.29) is 29.0 Å². The highest BCUT2D eigenvalue weighted by Gasteiger charge is 2.23. The van der Waals surface area contributed by atoms with Gasteiger partial charge in [0, 0.05) is 50.0 Å². The summed E-state index contributed by atoms with van der Waals surface area (Å²) in [6, 6.07) is 12.8. The van der Waals surface area contributed by atoms with E-state index in [9.17, 15) is 28.5 Å². The van der Waals surface area contributed by atoms with Gasteiger partial charge in [-0.25, -0.2) is 13.8 Å². The quantitative estimate of drug-likeness (QED) is 0.217. The smallest absolute Gasteiger partial charge is 0.340 e. The number of ether oxygens (including phenoxy) is 1. The normalized spacial score (nSPS) is 11.2. The number of nitrogens with one attached hydrogen (secondary N) is 1. The molecule has 0 heterocycles. The largest absolute Gasteiger partial charge is 0.478 e. The van der Waals surface area contributed by atoms with Gasteiger partial charge in [-0.05, 0) is 68.5 Å². The van der Waals surface area contributed by atoms with E-state index in [1.807, 2.05) is 19.0 Å². The molecule has 0 aliphatic carbocycles. The first kappa shape index (κ1) is 32.7. The van der Waals surface area contributed by atoms with Gasteiger partial charge < -0.3 is 20.1 Å². The molecule has 0 unspecified atom stereocenters. The molecule has 2 amide bonds. The van der Waals surface area contributed by atoms with E-state index in [1.165, 1.54) is 30.7 Å². The number of carbonyl (C=O) groups excluding carboxylic acids is 3. The molecule has 13 heteroatoms. The van der Waals surface area contributed by atoms with Crippen molar-refractivity contribution in [3.05, 3.63) is 86.9 Å². The lowest BCUT2D eigenvalue weighted by molar-refractivity contribution is 0.0494. The van der Waals surface area contributed by atoms with Gasteiger partial charge in [-0.15, -0.1) is 0 Å². The minimum atomic E-state index is -2.79. The van der Waals surface area contributed by atoms with Gasteiger partial charge in [0.25, 0.3) is 11.8 Å². The Kier molecular flexibility index (Phi) is 10.9. The molecule has 0 saturated heterocycles. The predicted octanol–water partition coefficient (Wildman–Crippen LogP) is 5.59. The van der Waals surface area contributed by atoms with Crippen LogP contribution < -0.4 is 5.32 Å². The van der Waals surface area contributed by atoms with Crippen molar-refractivity contribution in [2.24, 2.45) is 4.36 Å². The summed E-state index contributed by atoms with van der Waals surface area (Å²) in [7, 11) is 0.992. The van der Waals surface area contributed by atoms with Crippen LogP contribution in [0.25, 0.3) is 11.1 Å². The predicted molar refractivity (Wildman–Crippen MR) is 163 cm³/mol. The van der Waals surface area contributed by atoms with Crippen LogP contribution in [0.5, 0.6) is 0 Å². The van der Waals surface area contributed by atoms with Crippen LogP contribution in [0.1, 0.15) is 47.9 Å². The number of nitrogens with zero attached hydrogens (tertiary/aromatic N) is 2. The Morgan fingerprint density at radius 3 is 2.26 bits per heavy atom. The van der Waals surface area contributed by atoms with E-state index in [0.717, 1.165) is 12.1 Å². The monoisotopic (exact) mass is 633 g/mol. The summed E-state index contributed by atoms with van der Waals surface area (Å²) in [5, 5.41) is 13.1. The van der Waals surface area contributed by atoms with Crippen molar-refractivity contribution in [3.8, 4) is 11.1 Å². The Hall–Kier alpha value is -3.77. The molecule has 0 atom stereocenters. The average Bonchev–Trinajstić information content (AvgIpc) is 2.89. The molecule has 3 rings (SSSR count). The first-order valence-electron chi connectivity index (χ1n) is 12.5. The van der Waals surface area contributed by atoms with Crippen LogP contribution in [0, 0.1) is 0 Å². The molecule has 42 heavy (non-hydrogen) atoms. The van der Waals surface area contributed by atoms with Gasteiger partial charge in [0.2, 0.25) is 0 Å². The van der Waals surface area contributed by atoms with Gasteiger partial charge in [0.05, 0.1) is 29.0 Å². The number of halogens is 2. The zero-order chi connectivity index (χ0) is 31.2. The number of carboxylic acid groups (broad SMARTS) is 1. The van der Waals surface area contributed by atoms with Crippen molar-refractivity contribution in [3.63, 3.8) is 0 Å². The van der Waals surface area contributed by atoms with Crippen molar-refractivity contribution < 1.29 is 33.2 Å². The molecule has 0 radical (unpaired) electrons. The van der Waals surface area contributed by atoms with Crippen molar-refractivity contribution >= 4 is 62.4 Å². The maximum atomic E-state index is 13.4. The Balaban J connectivity index is 2.02. The minimum absolute atomic E-state index is 0.0326. The second-order valence-corrected chi connectivity index (χ2v) is 13.2. The molecule has 0 saturated carbocycles. The molecule has 0 aliphatic heterocycles. The third kappa shape index (κ3) is 8.86. The SMILES string of the molecule is CN(C)CCCOC(=O)c1ccc(-c2ccc(Cl)cc2Cl)cc1NC(=O)c1ccc(C(=O)N=S(C)(C)=O)cc1C(=O)O. The van der Waals surface area contributed by atoms with Gasteiger partial charge in [0.15, 0.2) is 0 Å². The summed E-state index contributed by atoms with van der Waals surface area (Å²) < 4.78 is 20.9. The number of carbonyl (C=O) groups is 4. The van der Waals surface area contributed by atoms with Crippen molar-refractivity contribution in [1.29, 1.82) is 0 Å². The fourth-order valence-electron chi connectivity index (χ4n) is 3.83. The minimum Gasteiger partial charge on any atom is -0.478 e. The lowest BCUT2D eigenvalue weighted by atomic mass is 10.0. The van der Waals surface area contributed by atoms with Crippen LogP contribution in [-0.2, 0) is 14.5 Å². The van der Waals surface area contributed by atoms with Crippen LogP contribution in [0.15, 0.2) is 59.0 Å². The lowest BCUT2D eigenvalue weighted by Crippen LogP contribution is -2.20. The molecule has 3 aromatic rings. The van der Waals surface area contributed by atoms with Crippen LogP contribution in [0.2, 0.25) is 10.0 Å². The summed E-state index contributed by atoms with van der Waals surface area (Å²) in [6.45, 7) is 0.836. The molecule has 0 bridgehead atoms. The fourth-order valence-corrected chi connectivity index (χ4v) is 4.86. The van der Waals surface area contributed by atoms with Gasteiger partial charge >= 0.3 is 11.9 Å². The molecule has 0 aliphatic rings. The molecule has 10 nitrogen and oxygen atoms in total. The van der Waals surface area contributed by atoms with Crippen LogP contribution in [0.3, 0.4) is 0 Å². The number of benzene rings is 3. The Bertz CT molecular complexity index is 1670. The number of hydrogen-bond acceptors (Lipinski definition) is 7. The van der Waals surface area contributed by atoms with E-state index in [0.29, 0.717) is 34.1 Å². The average molecular weight is 635 g/mol. The van der Waals surface area contributed by atoms with Gasteiger partial charge in [0.1, 0.15) is 0 Å². The van der Waals surface area contributed by atoms with Crippen LogP contribution >= 0.6 is 23.2 Å². The van der Waals surface area contributed by atoms with E-state index in [2.05, 4.69) is 9.68 Å². The molecular formula is C29H29Cl2N3O7S. The molecule has 2 N–H and O–H groups in total. The zero-order valence-corrected chi connectivity index (χ0v) is 25.6. The highest BCUT2D eigenvalue weighted by atomic mass is 35.5. The molecular weight excluding hydrogens is 605 g/mol. The number of esters is 1. The number of aromatic carboxylic acids is 1. The number of amides is 2. The lowest BCUT2D eigenvalue weighted by Gasteiger charge is -2.15. The molecule has 222 valence electrons. The first-order chi connectivity index (χ1) is 19.7. The van der Waals surface area contributed by atoms with Crippen LogP contribution in [0.4, 0.5) is 5.69 Å². The molecule has 0 aromatic heterocycles. The second-order valence-electron chi connectivity index (χ2n) is 9.77. The van der Waals surface area contributed by atoms with E-state index < -0.39 is 39.0 Å². The maximum Gasteiger partial charge on any atom is 0.340 e. The van der Waals surface area contributed by atoms with Crippen molar-refractivity contribution in [1.82, 2.24) is 4.90 Å². The topological polar surface area (TPSA) is 142 Å². The number of rotatable bonds is 10. The summed E-state index contributed by atoms with van der Waals surface area (Å²) in [4.78, 5) is 52.7. The maximum absolute atomic E-state index is 13.4. The standard InChI is InChI=1S/C29H29Cl2N3O7S/c1-34(2)12-5-13-41-29(39)22-10-6-17(20-11-8-19(30)16-24(20)31)15-25(22)32-27(36)21-9-7-18(14-23(21)28(37)38)26(35)33-42(3,4)40/h6-11,14-16H,5,12-13H2,1-4H3,(H,32,36)(H,37,38). The van der Waals surface area contributed by atoms with E-state index in [1.54, 1.807) is 24.3 Å². The van der Waals surface area contributed by atoms with Gasteiger partial charge in [-0.3, -0.25) is 9.59 Å². The third-order valence-electron chi connectivity index (χ3n) is 5.76. The molecule has 0 spiro atoms. The van der Waals surface area contributed by atoms with Crippen molar-refractivity contribution in [2.75, 3.05) is 45.1 Å². The van der Waals surface area contributed by atoms with E-state index >= 15 is 0 Å². The number of hydrogen-bond donors (Lipinski definition) is 2. The Morgan fingerprint density at radius 1 is 0.952 bits per heavy atom. The molecule has 3 aromatic carbocycles. The second kappa shape index (κ2) is 13.9. The van der Waals surface area contributed by atoms with Crippen LogP contribution in [-0.4, -0.2) is 77.7 Å². The molecule has 0 fully saturated rings. The Morgan fingerprint density at radius 2 is 1.64 bits per heavy atom. The zero-order valence-electron chi connectivity index (χ0n) is 23.3. The summed E-state index contributed by atoms with van der Waals surface area (Å²) in [5.41, 5.74) is 0.268. The third-order valence-corrected chi connectivity index (χ3v) is 6.91.